The molecule has 1 aliphatic heterocycles. The standard InChI is InChI=1S/C16H21N5OS/c1-13-7-3-4-8-14(13)21-16(17-18-19-21)23-12-9-15(22)20-10-5-2-6-11-20/h3-4,7-8H,2,5-6,9-12H2,1H3. The van der Waals surface area contributed by atoms with E-state index in [2.05, 4.69) is 15.5 Å². The molecule has 1 amide bonds. The molecule has 0 N–H and O–H groups in total. The number of aromatic nitrogens is 4. The number of tetrazole rings is 1. The van der Waals surface area contributed by atoms with Crippen LogP contribution in [0.4, 0.5) is 0 Å². The van der Waals surface area contributed by atoms with Crippen molar-refractivity contribution in [2.75, 3.05) is 18.8 Å². The van der Waals surface area contributed by atoms with Gasteiger partial charge in [0.2, 0.25) is 11.1 Å². The summed E-state index contributed by atoms with van der Waals surface area (Å²) in [5.41, 5.74) is 2.09. The van der Waals surface area contributed by atoms with Gasteiger partial charge in [0.1, 0.15) is 0 Å². The number of thioether (sulfide) groups is 1. The molecule has 1 fully saturated rings. The third-order valence-electron chi connectivity index (χ3n) is 4.04. The predicted octanol–water partition coefficient (Wildman–Crippen LogP) is 2.47. The number of carbonyl (C=O) groups is 1. The van der Waals surface area contributed by atoms with Gasteiger partial charge in [-0.3, -0.25) is 4.79 Å². The van der Waals surface area contributed by atoms with Crippen LogP contribution in [-0.2, 0) is 4.79 Å². The summed E-state index contributed by atoms with van der Waals surface area (Å²) in [6, 6.07) is 7.99. The third-order valence-corrected chi connectivity index (χ3v) is 4.96. The minimum absolute atomic E-state index is 0.243. The van der Waals surface area contributed by atoms with Gasteiger partial charge in [0.05, 0.1) is 5.69 Å². The fraction of sp³-hybridized carbons (Fsp3) is 0.500. The minimum atomic E-state index is 0.243. The van der Waals surface area contributed by atoms with E-state index in [9.17, 15) is 4.79 Å². The zero-order valence-corrected chi connectivity index (χ0v) is 14.1. The van der Waals surface area contributed by atoms with E-state index in [1.54, 1.807) is 4.68 Å². The number of hydrogen-bond acceptors (Lipinski definition) is 5. The molecule has 2 heterocycles. The van der Waals surface area contributed by atoms with Crippen molar-refractivity contribution < 1.29 is 4.79 Å². The summed E-state index contributed by atoms with van der Waals surface area (Å²) >= 11 is 1.53. The van der Waals surface area contributed by atoms with E-state index >= 15 is 0 Å². The zero-order chi connectivity index (χ0) is 16.1. The van der Waals surface area contributed by atoms with Gasteiger partial charge in [0.15, 0.2) is 0 Å². The third kappa shape index (κ3) is 3.90. The van der Waals surface area contributed by atoms with Crippen LogP contribution in [0.15, 0.2) is 29.4 Å². The Hall–Kier alpha value is -1.89. The summed E-state index contributed by atoms with van der Waals surface area (Å²) in [4.78, 5) is 14.2. The first-order valence-electron chi connectivity index (χ1n) is 8.00. The van der Waals surface area contributed by atoms with Gasteiger partial charge in [0.25, 0.3) is 0 Å². The largest absolute Gasteiger partial charge is 0.343 e. The molecule has 2 aromatic rings. The van der Waals surface area contributed by atoms with E-state index in [0.717, 1.165) is 42.3 Å². The second-order valence-corrected chi connectivity index (χ2v) is 6.76. The van der Waals surface area contributed by atoms with Gasteiger partial charge in [-0.2, -0.15) is 4.68 Å². The summed E-state index contributed by atoms with van der Waals surface area (Å²) < 4.78 is 1.74. The molecule has 0 saturated carbocycles. The number of carbonyl (C=O) groups excluding carboxylic acids is 1. The van der Waals surface area contributed by atoms with Crippen LogP contribution in [0.3, 0.4) is 0 Å². The van der Waals surface area contributed by atoms with Gasteiger partial charge < -0.3 is 4.90 Å². The number of piperidine rings is 1. The fourth-order valence-corrected chi connectivity index (χ4v) is 3.56. The maximum Gasteiger partial charge on any atom is 0.223 e. The average Bonchev–Trinajstić information content (AvgIpc) is 3.04. The second kappa shape index (κ2) is 7.59. The topological polar surface area (TPSA) is 63.9 Å². The maximum absolute atomic E-state index is 12.2. The molecule has 0 atom stereocenters. The molecule has 0 radical (unpaired) electrons. The van der Waals surface area contributed by atoms with Crippen molar-refractivity contribution in [1.82, 2.24) is 25.1 Å². The highest BCUT2D eigenvalue weighted by molar-refractivity contribution is 7.99. The molecule has 0 unspecified atom stereocenters. The van der Waals surface area contributed by atoms with Crippen LogP contribution < -0.4 is 0 Å². The highest BCUT2D eigenvalue weighted by atomic mass is 32.2. The van der Waals surface area contributed by atoms with Crippen LogP contribution in [0.5, 0.6) is 0 Å². The molecule has 0 aliphatic carbocycles. The van der Waals surface area contributed by atoms with E-state index < -0.39 is 0 Å². The lowest BCUT2D eigenvalue weighted by Crippen LogP contribution is -2.35. The summed E-state index contributed by atoms with van der Waals surface area (Å²) in [5.74, 6) is 0.939. The molecular weight excluding hydrogens is 310 g/mol. The Morgan fingerprint density at radius 3 is 2.78 bits per heavy atom. The highest BCUT2D eigenvalue weighted by Gasteiger charge is 2.17. The Balaban J connectivity index is 1.58. The van der Waals surface area contributed by atoms with Gasteiger partial charge in [-0.15, -0.1) is 5.10 Å². The lowest BCUT2D eigenvalue weighted by molar-refractivity contribution is -0.131. The van der Waals surface area contributed by atoms with E-state index in [1.807, 2.05) is 36.1 Å². The van der Waals surface area contributed by atoms with E-state index in [1.165, 1.54) is 18.2 Å². The van der Waals surface area contributed by atoms with Crippen LogP contribution in [0.1, 0.15) is 31.2 Å². The molecule has 7 heteroatoms. The van der Waals surface area contributed by atoms with Gasteiger partial charge in [0, 0.05) is 25.3 Å². The SMILES string of the molecule is Cc1ccccc1-n1nnnc1SCCC(=O)N1CCCCC1. The number of likely N-dealkylation sites (tertiary alicyclic amines) is 1. The van der Waals surface area contributed by atoms with Crippen molar-refractivity contribution in [2.45, 2.75) is 37.8 Å². The Morgan fingerprint density at radius 1 is 1.22 bits per heavy atom. The Kier molecular flexibility index (Phi) is 5.27. The molecule has 1 aliphatic rings. The summed E-state index contributed by atoms with van der Waals surface area (Å²) in [6.07, 6.45) is 4.03. The fourth-order valence-electron chi connectivity index (χ4n) is 2.75. The number of rotatable bonds is 5. The average molecular weight is 331 g/mol. The van der Waals surface area contributed by atoms with Gasteiger partial charge in [-0.05, 0) is 48.2 Å². The molecular formula is C16H21N5OS. The number of benzene rings is 1. The first kappa shape index (κ1) is 16.0. The molecule has 1 saturated heterocycles. The number of amides is 1. The van der Waals surface area contributed by atoms with Crippen molar-refractivity contribution in [1.29, 1.82) is 0 Å². The van der Waals surface area contributed by atoms with Crippen molar-refractivity contribution >= 4 is 17.7 Å². The molecule has 0 bridgehead atoms. The Morgan fingerprint density at radius 2 is 2.00 bits per heavy atom. The summed E-state index contributed by atoms with van der Waals surface area (Å²) in [6.45, 7) is 3.85. The van der Waals surface area contributed by atoms with Crippen molar-refractivity contribution in [3.63, 3.8) is 0 Å². The number of hydrogen-bond donors (Lipinski definition) is 0. The molecule has 122 valence electrons. The lowest BCUT2D eigenvalue weighted by Gasteiger charge is -2.26. The predicted molar refractivity (Wildman–Crippen MR) is 89.7 cm³/mol. The van der Waals surface area contributed by atoms with Crippen LogP contribution in [-0.4, -0.2) is 49.9 Å². The van der Waals surface area contributed by atoms with E-state index in [4.69, 9.17) is 0 Å². The number of aryl methyl sites for hydroxylation is 1. The smallest absolute Gasteiger partial charge is 0.223 e. The first-order valence-corrected chi connectivity index (χ1v) is 8.99. The second-order valence-electron chi connectivity index (χ2n) is 5.70. The summed E-state index contributed by atoms with van der Waals surface area (Å²) in [5, 5.41) is 12.7. The van der Waals surface area contributed by atoms with Gasteiger partial charge in [-0.1, -0.05) is 30.0 Å². The van der Waals surface area contributed by atoms with Crippen LogP contribution in [0.25, 0.3) is 5.69 Å². The lowest BCUT2D eigenvalue weighted by atomic mass is 10.1. The van der Waals surface area contributed by atoms with Crippen molar-refractivity contribution in [3.05, 3.63) is 29.8 Å². The van der Waals surface area contributed by atoms with E-state index in [-0.39, 0.29) is 5.91 Å². The van der Waals surface area contributed by atoms with Crippen molar-refractivity contribution in [3.8, 4) is 5.69 Å². The minimum Gasteiger partial charge on any atom is -0.343 e. The molecule has 0 spiro atoms. The van der Waals surface area contributed by atoms with E-state index in [0.29, 0.717) is 12.2 Å². The molecule has 1 aromatic carbocycles. The van der Waals surface area contributed by atoms with Crippen molar-refractivity contribution in [2.24, 2.45) is 0 Å². The molecule has 3 rings (SSSR count). The summed E-state index contributed by atoms with van der Waals surface area (Å²) in [7, 11) is 0. The maximum atomic E-state index is 12.2. The number of para-hydroxylation sites is 1. The molecule has 6 nitrogen and oxygen atoms in total. The van der Waals surface area contributed by atoms with Gasteiger partial charge >= 0.3 is 0 Å². The highest BCUT2D eigenvalue weighted by Crippen LogP contribution is 2.21. The van der Waals surface area contributed by atoms with Crippen LogP contribution in [0.2, 0.25) is 0 Å². The molecule has 23 heavy (non-hydrogen) atoms. The quantitative estimate of drug-likeness (QED) is 0.788. The van der Waals surface area contributed by atoms with Crippen LogP contribution >= 0.6 is 11.8 Å². The normalized spacial score (nSPS) is 14.9. The monoisotopic (exact) mass is 331 g/mol. The number of nitrogens with zero attached hydrogens (tertiary/aromatic N) is 5. The Labute approximate surface area is 140 Å². The zero-order valence-electron chi connectivity index (χ0n) is 13.3. The molecule has 1 aromatic heterocycles. The first-order chi connectivity index (χ1) is 11.3. The van der Waals surface area contributed by atoms with Gasteiger partial charge in [-0.25, -0.2) is 0 Å². The Bertz CT molecular complexity index is 666. The van der Waals surface area contributed by atoms with Crippen LogP contribution in [0, 0.1) is 6.92 Å².